The second-order valence-corrected chi connectivity index (χ2v) is 15.3. The van der Waals surface area contributed by atoms with Gasteiger partial charge in [-0.15, -0.1) is 5.10 Å². The maximum Gasteiger partial charge on any atom is 0.247 e. The Morgan fingerprint density at radius 3 is 2.63 bits per heavy atom. The summed E-state index contributed by atoms with van der Waals surface area (Å²) in [6, 6.07) is 9.06. The highest BCUT2D eigenvalue weighted by molar-refractivity contribution is 7.97. The highest BCUT2D eigenvalue weighted by Gasteiger charge is 2.44. The van der Waals surface area contributed by atoms with E-state index in [1.165, 1.54) is 28.9 Å². The van der Waals surface area contributed by atoms with E-state index >= 15 is 4.39 Å². The van der Waals surface area contributed by atoms with Crippen molar-refractivity contribution in [2.24, 2.45) is 13.0 Å². The van der Waals surface area contributed by atoms with Crippen LogP contribution in [0.5, 0.6) is 5.75 Å². The number of hydrogen-bond acceptors (Lipinski definition) is 14. The number of hydrogen-bond donors (Lipinski definition) is 5. The summed E-state index contributed by atoms with van der Waals surface area (Å²) in [6.07, 6.45) is 7.76. The van der Waals surface area contributed by atoms with Crippen LogP contribution in [0.2, 0.25) is 0 Å². The molecule has 0 aliphatic carbocycles. The van der Waals surface area contributed by atoms with E-state index in [0.29, 0.717) is 48.0 Å². The van der Waals surface area contributed by atoms with Crippen molar-refractivity contribution < 1.29 is 19.3 Å². The Labute approximate surface area is 315 Å². The fraction of sp³-hybridized carbons (Fsp3) is 0.444. The van der Waals surface area contributed by atoms with Crippen molar-refractivity contribution in [3.63, 3.8) is 0 Å². The van der Waals surface area contributed by atoms with E-state index in [4.69, 9.17) is 9.72 Å². The van der Waals surface area contributed by atoms with E-state index in [2.05, 4.69) is 57.4 Å². The van der Waals surface area contributed by atoms with E-state index in [1.807, 2.05) is 34.0 Å². The first-order valence-electron chi connectivity index (χ1n) is 18.2. The summed E-state index contributed by atoms with van der Waals surface area (Å²) in [4.78, 5) is 16.5. The molecule has 54 heavy (non-hydrogen) atoms. The Morgan fingerprint density at radius 2 is 1.89 bits per heavy atom. The Hall–Kier alpha value is -4.88. The lowest BCUT2D eigenvalue weighted by atomic mass is 9.89. The van der Waals surface area contributed by atoms with Gasteiger partial charge in [0.1, 0.15) is 17.8 Å². The fourth-order valence-corrected chi connectivity index (χ4v) is 8.46. The van der Waals surface area contributed by atoms with Crippen molar-refractivity contribution in [3.05, 3.63) is 60.6 Å². The molecule has 0 amide bonds. The van der Waals surface area contributed by atoms with Gasteiger partial charge in [0.25, 0.3) is 0 Å². The molecule has 1 unspecified atom stereocenters. The summed E-state index contributed by atoms with van der Waals surface area (Å²) in [5.74, 6) is -1.16. The maximum absolute atomic E-state index is 15.5. The number of likely N-dealkylation sites (tertiary alicyclic amines) is 1. The van der Waals surface area contributed by atoms with Gasteiger partial charge in [-0.1, -0.05) is 0 Å². The Kier molecular flexibility index (Phi) is 9.86. The molecule has 1 aromatic carbocycles. The van der Waals surface area contributed by atoms with Crippen LogP contribution in [0.25, 0.3) is 27.9 Å². The number of H-pyrrole nitrogens is 1. The van der Waals surface area contributed by atoms with Crippen molar-refractivity contribution in [2.45, 2.75) is 62.4 Å². The van der Waals surface area contributed by atoms with Crippen molar-refractivity contribution in [1.29, 1.82) is 0 Å². The zero-order valence-corrected chi connectivity index (χ0v) is 31.4. The smallest absolute Gasteiger partial charge is 0.247 e. The molecule has 0 bridgehead atoms. The quantitative estimate of drug-likeness (QED) is 0.0902. The number of ether oxygens (including phenoxy) is 1. The molecular formula is C36H44FN13O3S. The number of nitrogens with zero attached hydrogens (tertiary/aromatic N) is 10. The fourth-order valence-electron chi connectivity index (χ4n) is 7.40. The summed E-state index contributed by atoms with van der Waals surface area (Å²) in [5.41, 5.74) is 3.79. The van der Waals surface area contributed by atoms with Gasteiger partial charge >= 0.3 is 0 Å². The summed E-state index contributed by atoms with van der Waals surface area (Å²) < 4.78 is 27.0. The van der Waals surface area contributed by atoms with Crippen LogP contribution in [0.4, 0.5) is 21.8 Å². The van der Waals surface area contributed by atoms with Crippen LogP contribution in [-0.2, 0) is 7.05 Å². The molecule has 5 N–H and O–H groups in total. The summed E-state index contributed by atoms with van der Waals surface area (Å²) in [5, 5.41) is 45.9. The second-order valence-electron chi connectivity index (χ2n) is 14.1. The average Bonchev–Trinajstić information content (AvgIpc) is 3.92. The van der Waals surface area contributed by atoms with Gasteiger partial charge in [-0.3, -0.25) is 10.00 Å². The molecule has 284 valence electrons. The van der Waals surface area contributed by atoms with E-state index in [-0.39, 0.29) is 29.6 Å². The van der Waals surface area contributed by atoms with Crippen LogP contribution in [0.3, 0.4) is 0 Å². The standard InChI is InChI=1S/C36H44FN13O3S/c1-21(2)53-31-30(23-17-40-41-18-23)39-20-50-34(31)44-35(46-50)43-29-9-7-25(16-27(29)37)54-49-13-5-6-24(19-49)36(51,52)48-14-11-22(12-15-48)28-10-8-26-32(38-3)45-47(4)33(26)42-28/h7-10,16-18,20-22,24,51-52H,5-6,11-15,19H2,1-4H3,(H,38,45)(H,40,41)(H,43,46). The number of rotatable bonds is 11. The highest BCUT2D eigenvalue weighted by Crippen LogP contribution is 2.38. The molecule has 0 saturated carbocycles. The van der Waals surface area contributed by atoms with Gasteiger partial charge in [0.15, 0.2) is 17.2 Å². The van der Waals surface area contributed by atoms with Crippen LogP contribution in [-0.4, -0.2) is 109 Å². The minimum Gasteiger partial charge on any atom is -0.485 e. The van der Waals surface area contributed by atoms with Gasteiger partial charge in [-0.2, -0.15) is 19.7 Å². The number of benzene rings is 1. The van der Waals surface area contributed by atoms with Gasteiger partial charge in [-0.05, 0) is 81.8 Å². The summed E-state index contributed by atoms with van der Waals surface area (Å²) in [6.45, 7) is 6.11. The number of fused-ring (bicyclic) bond motifs is 2. The Morgan fingerprint density at radius 1 is 1.06 bits per heavy atom. The monoisotopic (exact) mass is 757 g/mol. The second kappa shape index (κ2) is 14.7. The predicted molar refractivity (Wildman–Crippen MR) is 203 cm³/mol. The van der Waals surface area contributed by atoms with E-state index in [9.17, 15) is 10.2 Å². The molecule has 1 atom stereocenters. The summed E-state index contributed by atoms with van der Waals surface area (Å²) in [7, 11) is 3.74. The van der Waals surface area contributed by atoms with Gasteiger partial charge in [0.2, 0.25) is 17.5 Å². The first-order valence-corrected chi connectivity index (χ1v) is 19.0. The van der Waals surface area contributed by atoms with Crippen LogP contribution in [0, 0.1) is 11.7 Å². The molecule has 18 heteroatoms. The SMILES string of the molecule is CNc1nn(C)c2nc(C3CCN(C(O)(O)C4CCCN(Sc5ccc(Nc6nc7c(OC(C)C)c(-c8cn[nH]c8)ncn7n6)c(F)c5)C4)CC3)ccc12. The minimum atomic E-state index is -1.96. The lowest BCUT2D eigenvalue weighted by Crippen LogP contribution is -2.59. The van der Waals surface area contributed by atoms with E-state index in [1.54, 1.807) is 28.0 Å². The van der Waals surface area contributed by atoms with E-state index in [0.717, 1.165) is 53.9 Å². The predicted octanol–water partition coefficient (Wildman–Crippen LogP) is 4.74. The number of halogens is 1. The van der Waals surface area contributed by atoms with Crippen LogP contribution in [0.1, 0.15) is 51.1 Å². The number of aliphatic hydroxyl groups is 2. The molecular weight excluding hydrogens is 714 g/mol. The van der Waals surface area contributed by atoms with Crippen molar-refractivity contribution in [3.8, 4) is 17.0 Å². The lowest BCUT2D eigenvalue weighted by molar-refractivity contribution is -0.303. The largest absolute Gasteiger partial charge is 0.485 e. The molecule has 7 heterocycles. The first kappa shape index (κ1) is 36.1. The number of nitrogens with one attached hydrogen (secondary N) is 3. The number of anilines is 3. The van der Waals surface area contributed by atoms with Crippen molar-refractivity contribution in [2.75, 3.05) is 43.9 Å². The van der Waals surface area contributed by atoms with Crippen molar-refractivity contribution in [1.82, 2.24) is 53.7 Å². The van der Waals surface area contributed by atoms with Gasteiger partial charge in [0.05, 0.1) is 23.4 Å². The Balaban J connectivity index is 0.897. The number of aromatic nitrogens is 9. The highest BCUT2D eigenvalue weighted by atomic mass is 32.2. The Bertz CT molecular complexity index is 2250. The zero-order chi connectivity index (χ0) is 37.6. The van der Waals surface area contributed by atoms with Gasteiger partial charge < -0.3 is 25.6 Å². The molecule has 5 aromatic heterocycles. The number of piperidine rings is 2. The molecule has 8 rings (SSSR count). The van der Waals surface area contributed by atoms with Crippen LogP contribution in [0.15, 0.2) is 53.9 Å². The average molecular weight is 758 g/mol. The molecule has 2 saturated heterocycles. The molecule has 0 radical (unpaired) electrons. The molecule has 2 fully saturated rings. The van der Waals surface area contributed by atoms with Crippen molar-refractivity contribution >= 4 is 46.1 Å². The molecule has 0 spiro atoms. The number of aromatic amines is 1. The van der Waals surface area contributed by atoms with Gasteiger partial charge in [-0.25, -0.2) is 23.3 Å². The van der Waals surface area contributed by atoms with E-state index < -0.39 is 11.7 Å². The van der Waals surface area contributed by atoms with Crippen LogP contribution >= 0.6 is 11.9 Å². The lowest BCUT2D eigenvalue weighted by Gasteiger charge is -2.46. The molecule has 16 nitrogen and oxygen atoms in total. The van der Waals surface area contributed by atoms with Crippen LogP contribution < -0.4 is 15.4 Å². The zero-order valence-electron chi connectivity index (χ0n) is 30.6. The molecule has 6 aromatic rings. The first-order chi connectivity index (χ1) is 26.1. The minimum absolute atomic E-state index is 0.150. The normalized spacial score (nSPS) is 17.9. The molecule has 2 aliphatic rings. The third kappa shape index (κ3) is 7.06. The summed E-state index contributed by atoms with van der Waals surface area (Å²) >= 11 is 1.41. The number of aryl methyl sites for hydroxylation is 1. The number of pyridine rings is 1. The maximum atomic E-state index is 15.5. The molecule has 2 aliphatic heterocycles. The topological polar surface area (TPSA) is 183 Å². The third-order valence-corrected chi connectivity index (χ3v) is 11.2. The van der Waals surface area contributed by atoms with Gasteiger partial charge in [0, 0.05) is 74.5 Å². The third-order valence-electron chi connectivity index (χ3n) is 10.1.